The summed E-state index contributed by atoms with van der Waals surface area (Å²) in [5, 5.41) is 11.4. The van der Waals surface area contributed by atoms with E-state index in [1.54, 1.807) is 7.11 Å². The van der Waals surface area contributed by atoms with Gasteiger partial charge in [-0.25, -0.2) is 0 Å². The molecule has 1 rings (SSSR count). The molecule has 0 fully saturated rings. The summed E-state index contributed by atoms with van der Waals surface area (Å²) in [7, 11) is 1.63. The van der Waals surface area contributed by atoms with E-state index in [2.05, 4.69) is 36.3 Å². The standard InChI is InChI=1S/C12H23N3O2/c1-11(2,3)13-8-7-9-14-15-10(17-9)12(4,5)16-6/h13H,7-8H2,1-6H3. The topological polar surface area (TPSA) is 60.2 Å². The van der Waals surface area contributed by atoms with E-state index in [1.807, 2.05) is 13.8 Å². The summed E-state index contributed by atoms with van der Waals surface area (Å²) in [6.45, 7) is 11.0. The van der Waals surface area contributed by atoms with Crippen molar-refractivity contribution in [2.24, 2.45) is 0 Å². The third kappa shape index (κ3) is 4.44. The molecule has 5 nitrogen and oxygen atoms in total. The number of aromatic nitrogens is 2. The highest BCUT2D eigenvalue weighted by Gasteiger charge is 2.26. The molecule has 1 aromatic heterocycles. The van der Waals surface area contributed by atoms with Crippen LogP contribution in [0, 0.1) is 0 Å². The van der Waals surface area contributed by atoms with Gasteiger partial charge in [0.15, 0.2) is 0 Å². The molecule has 98 valence electrons. The van der Waals surface area contributed by atoms with Gasteiger partial charge in [-0.1, -0.05) is 0 Å². The number of nitrogens with zero attached hydrogens (tertiary/aromatic N) is 2. The fraction of sp³-hybridized carbons (Fsp3) is 0.833. The Kier molecular flexibility index (Phi) is 4.27. The molecule has 0 saturated carbocycles. The number of methoxy groups -OCH3 is 1. The van der Waals surface area contributed by atoms with Crippen LogP contribution in [0.2, 0.25) is 0 Å². The third-order valence-corrected chi connectivity index (χ3v) is 2.49. The molecule has 0 saturated heterocycles. The van der Waals surface area contributed by atoms with Gasteiger partial charge in [-0.3, -0.25) is 0 Å². The summed E-state index contributed by atoms with van der Waals surface area (Å²) in [5.41, 5.74) is -0.419. The molecule has 0 atom stereocenters. The fourth-order valence-electron chi connectivity index (χ4n) is 1.23. The molecule has 0 aliphatic rings. The molecule has 0 aliphatic carbocycles. The van der Waals surface area contributed by atoms with Crippen molar-refractivity contribution in [3.8, 4) is 0 Å². The van der Waals surface area contributed by atoms with Gasteiger partial charge < -0.3 is 14.5 Å². The second kappa shape index (κ2) is 5.14. The van der Waals surface area contributed by atoms with E-state index in [4.69, 9.17) is 9.15 Å². The molecule has 0 bridgehead atoms. The van der Waals surface area contributed by atoms with Crippen LogP contribution in [0.15, 0.2) is 4.42 Å². The van der Waals surface area contributed by atoms with Crippen LogP contribution in [0.5, 0.6) is 0 Å². The minimum atomic E-state index is -0.525. The van der Waals surface area contributed by atoms with Gasteiger partial charge in [0.25, 0.3) is 0 Å². The summed E-state index contributed by atoms with van der Waals surface area (Å²) in [6.07, 6.45) is 0.726. The van der Waals surface area contributed by atoms with Crippen molar-refractivity contribution in [1.29, 1.82) is 0 Å². The Bertz CT molecular complexity index is 353. The predicted octanol–water partition coefficient (Wildman–Crippen LogP) is 1.88. The minimum absolute atomic E-state index is 0.106. The van der Waals surface area contributed by atoms with Crippen LogP contribution in [0.25, 0.3) is 0 Å². The van der Waals surface area contributed by atoms with Crippen molar-refractivity contribution in [2.75, 3.05) is 13.7 Å². The molecular formula is C12H23N3O2. The van der Waals surface area contributed by atoms with Crippen molar-refractivity contribution in [3.05, 3.63) is 11.8 Å². The van der Waals surface area contributed by atoms with Gasteiger partial charge in [0.2, 0.25) is 11.8 Å². The Labute approximate surface area is 103 Å². The molecule has 0 amide bonds. The lowest BCUT2D eigenvalue weighted by Crippen LogP contribution is -2.37. The van der Waals surface area contributed by atoms with Crippen LogP contribution < -0.4 is 5.32 Å². The lowest BCUT2D eigenvalue weighted by atomic mass is 10.1. The first-order valence-electron chi connectivity index (χ1n) is 5.87. The Morgan fingerprint density at radius 1 is 1.18 bits per heavy atom. The zero-order chi connectivity index (χ0) is 13.1. The number of ether oxygens (including phenoxy) is 1. The summed E-state index contributed by atoms with van der Waals surface area (Å²) < 4.78 is 10.9. The van der Waals surface area contributed by atoms with Crippen LogP contribution >= 0.6 is 0 Å². The molecule has 0 unspecified atom stereocenters. The zero-order valence-corrected chi connectivity index (χ0v) is 11.6. The maximum atomic E-state index is 5.57. The molecule has 0 spiro atoms. The third-order valence-electron chi connectivity index (χ3n) is 2.49. The average molecular weight is 241 g/mol. The summed E-state index contributed by atoms with van der Waals surface area (Å²) in [6, 6.07) is 0. The number of hydrogen-bond donors (Lipinski definition) is 1. The molecule has 0 radical (unpaired) electrons. The fourth-order valence-corrected chi connectivity index (χ4v) is 1.23. The lowest BCUT2D eigenvalue weighted by Gasteiger charge is -2.19. The smallest absolute Gasteiger partial charge is 0.247 e. The Hall–Kier alpha value is -0.940. The van der Waals surface area contributed by atoms with Crippen LogP contribution in [-0.4, -0.2) is 29.4 Å². The highest BCUT2D eigenvalue weighted by atomic mass is 16.5. The van der Waals surface area contributed by atoms with E-state index >= 15 is 0 Å². The first-order chi connectivity index (χ1) is 7.74. The van der Waals surface area contributed by atoms with Crippen molar-refractivity contribution >= 4 is 0 Å². The average Bonchev–Trinajstić information content (AvgIpc) is 2.65. The highest BCUT2D eigenvalue weighted by Crippen LogP contribution is 2.21. The van der Waals surface area contributed by atoms with Crippen LogP contribution in [0.3, 0.4) is 0 Å². The Balaban J connectivity index is 2.52. The van der Waals surface area contributed by atoms with Gasteiger partial charge in [0, 0.05) is 25.6 Å². The molecule has 5 heteroatoms. The number of hydrogen-bond acceptors (Lipinski definition) is 5. The van der Waals surface area contributed by atoms with Gasteiger partial charge in [-0.05, 0) is 34.6 Å². The van der Waals surface area contributed by atoms with Crippen molar-refractivity contribution < 1.29 is 9.15 Å². The molecule has 1 aromatic rings. The molecule has 0 aliphatic heterocycles. The van der Waals surface area contributed by atoms with E-state index in [9.17, 15) is 0 Å². The maximum Gasteiger partial charge on any atom is 0.247 e. The second-order valence-corrected chi connectivity index (χ2v) is 5.64. The normalized spacial score (nSPS) is 13.1. The van der Waals surface area contributed by atoms with E-state index < -0.39 is 5.60 Å². The number of rotatable bonds is 5. The van der Waals surface area contributed by atoms with Crippen LogP contribution in [-0.2, 0) is 16.8 Å². The second-order valence-electron chi connectivity index (χ2n) is 5.64. The summed E-state index contributed by atoms with van der Waals surface area (Å²) in [4.78, 5) is 0. The van der Waals surface area contributed by atoms with E-state index in [-0.39, 0.29) is 5.54 Å². The Morgan fingerprint density at radius 2 is 1.82 bits per heavy atom. The summed E-state index contributed by atoms with van der Waals surface area (Å²) >= 11 is 0. The van der Waals surface area contributed by atoms with Crippen molar-refractivity contribution in [2.45, 2.75) is 52.2 Å². The molecule has 1 N–H and O–H groups in total. The molecule has 1 heterocycles. The van der Waals surface area contributed by atoms with Gasteiger partial charge in [0.1, 0.15) is 5.60 Å². The monoisotopic (exact) mass is 241 g/mol. The lowest BCUT2D eigenvalue weighted by molar-refractivity contribution is -0.00453. The first-order valence-corrected chi connectivity index (χ1v) is 5.87. The quantitative estimate of drug-likeness (QED) is 0.853. The highest BCUT2D eigenvalue weighted by molar-refractivity contribution is 4.93. The van der Waals surface area contributed by atoms with E-state index in [0.29, 0.717) is 11.8 Å². The SMILES string of the molecule is COC(C)(C)c1nnc(CCNC(C)(C)C)o1. The van der Waals surface area contributed by atoms with Crippen molar-refractivity contribution in [3.63, 3.8) is 0 Å². The molecule has 0 aromatic carbocycles. The first kappa shape index (κ1) is 14.1. The predicted molar refractivity (Wildman–Crippen MR) is 65.8 cm³/mol. The van der Waals surface area contributed by atoms with Gasteiger partial charge >= 0.3 is 0 Å². The summed E-state index contributed by atoms with van der Waals surface area (Å²) in [5.74, 6) is 1.16. The van der Waals surface area contributed by atoms with Crippen LogP contribution in [0.1, 0.15) is 46.4 Å². The number of nitrogens with one attached hydrogen (secondary N) is 1. The van der Waals surface area contributed by atoms with Gasteiger partial charge in [-0.15, -0.1) is 10.2 Å². The molecular weight excluding hydrogens is 218 g/mol. The zero-order valence-electron chi connectivity index (χ0n) is 11.6. The Morgan fingerprint density at radius 3 is 2.35 bits per heavy atom. The van der Waals surface area contributed by atoms with E-state index in [1.165, 1.54) is 0 Å². The maximum absolute atomic E-state index is 5.57. The van der Waals surface area contributed by atoms with Gasteiger partial charge in [0.05, 0.1) is 0 Å². The largest absolute Gasteiger partial charge is 0.422 e. The van der Waals surface area contributed by atoms with E-state index in [0.717, 1.165) is 13.0 Å². The van der Waals surface area contributed by atoms with Gasteiger partial charge in [-0.2, -0.15) is 0 Å². The van der Waals surface area contributed by atoms with Crippen LogP contribution in [0.4, 0.5) is 0 Å². The minimum Gasteiger partial charge on any atom is -0.422 e. The van der Waals surface area contributed by atoms with Crippen molar-refractivity contribution in [1.82, 2.24) is 15.5 Å². The molecule has 17 heavy (non-hydrogen) atoms.